The molecular formula is C26H22F3NO5. The number of ether oxygens (including phenoxy) is 1. The van der Waals surface area contributed by atoms with Crippen LogP contribution in [-0.4, -0.2) is 23.2 Å². The molecule has 2 heterocycles. The van der Waals surface area contributed by atoms with Crippen LogP contribution < -0.4 is 9.64 Å². The van der Waals surface area contributed by atoms with Crippen LogP contribution in [0.4, 0.5) is 18.9 Å². The predicted molar refractivity (Wildman–Crippen MR) is 122 cm³/mol. The van der Waals surface area contributed by atoms with Gasteiger partial charge in [-0.15, -0.1) is 13.2 Å². The zero-order chi connectivity index (χ0) is 25.5. The van der Waals surface area contributed by atoms with Gasteiger partial charge in [0, 0.05) is 22.7 Å². The number of benzene rings is 2. The fraction of sp³-hybridized carbons (Fsp3) is 0.231. The molecule has 1 aliphatic rings. The van der Waals surface area contributed by atoms with Gasteiger partial charge in [0.15, 0.2) is 11.5 Å². The van der Waals surface area contributed by atoms with Crippen molar-refractivity contribution in [1.82, 2.24) is 0 Å². The average Bonchev–Trinajstić information content (AvgIpc) is 3.34. The van der Waals surface area contributed by atoms with Crippen LogP contribution in [-0.2, 0) is 9.59 Å². The smallest absolute Gasteiger partial charge is 0.503 e. The van der Waals surface area contributed by atoms with Gasteiger partial charge in [-0.25, -0.2) is 0 Å². The van der Waals surface area contributed by atoms with Crippen LogP contribution in [0.5, 0.6) is 5.75 Å². The van der Waals surface area contributed by atoms with Gasteiger partial charge in [0.2, 0.25) is 0 Å². The third-order valence-corrected chi connectivity index (χ3v) is 5.61. The van der Waals surface area contributed by atoms with E-state index in [1.54, 1.807) is 57.2 Å². The minimum Gasteiger partial charge on any atom is -0.503 e. The number of nitrogens with zero attached hydrogens (tertiary/aromatic N) is 1. The van der Waals surface area contributed by atoms with Crippen molar-refractivity contribution in [3.63, 3.8) is 0 Å². The number of ketones is 1. The Morgan fingerprint density at radius 3 is 2.29 bits per heavy atom. The number of anilines is 1. The first-order valence-electron chi connectivity index (χ1n) is 10.8. The molecule has 1 amide bonds. The lowest BCUT2D eigenvalue weighted by Crippen LogP contribution is -2.32. The number of hydrogen-bond acceptors (Lipinski definition) is 5. The van der Waals surface area contributed by atoms with Gasteiger partial charge in [0.05, 0.1) is 11.6 Å². The maximum absolute atomic E-state index is 13.2. The van der Waals surface area contributed by atoms with Crippen molar-refractivity contribution in [1.29, 1.82) is 0 Å². The van der Waals surface area contributed by atoms with Crippen molar-refractivity contribution in [3.05, 3.63) is 83.3 Å². The molecule has 35 heavy (non-hydrogen) atoms. The van der Waals surface area contributed by atoms with Crippen molar-refractivity contribution in [2.24, 2.45) is 5.92 Å². The summed E-state index contributed by atoms with van der Waals surface area (Å²) in [6, 6.07) is 14.0. The van der Waals surface area contributed by atoms with Crippen molar-refractivity contribution >= 4 is 17.4 Å². The highest BCUT2D eigenvalue weighted by Crippen LogP contribution is 2.45. The van der Waals surface area contributed by atoms with E-state index in [2.05, 4.69) is 4.74 Å². The highest BCUT2D eigenvalue weighted by Gasteiger charge is 2.46. The normalized spacial score (nSPS) is 16.4. The van der Waals surface area contributed by atoms with E-state index >= 15 is 0 Å². The second-order valence-electron chi connectivity index (χ2n) is 8.40. The third-order valence-electron chi connectivity index (χ3n) is 5.61. The highest BCUT2D eigenvalue weighted by molar-refractivity contribution is 6.17. The first kappa shape index (κ1) is 24.1. The first-order valence-corrected chi connectivity index (χ1v) is 10.8. The molecule has 1 atom stereocenters. The Bertz CT molecular complexity index is 1310. The maximum atomic E-state index is 13.2. The van der Waals surface area contributed by atoms with Crippen molar-refractivity contribution in [3.8, 4) is 17.1 Å². The standard InChI is InChI=1S/C26H22F3NO5/c1-14(2)23(31)21-22(18-6-4-5-7-20(18)35-26(27,28)29)30(25(33)24(21)32)17-11-9-16(10-12-17)19-13-8-15(3)34-19/h4-14,22,32H,1-3H3. The summed E-state index contributed by atoms with van der Waals surface area (Å²) >= 11 is 0. The number of hydrogen-bond donors (Lipinski definition) is 1. The summed E-state index contributed by atoms with van der Waals surface area (Å²) in [5, 5.41) is 10.7. The monoisotopic (exact) mass is 485 g/mol. The van der Waals surface area contributed by atoms with E-state index in [0.717, 1.165) is 11.0 Å². The fourth-order valence-electron chi connectivity index (χ4n) is 4.03. The second kappa shape index (κ2) is 8.98. The quantitative estimate of drug-likeness (QED) is 0.445. The van der Waals surface area contributed by atoms with Gasteiger partial charge >= 0.3 is 6.36 Å². The van der Waals surface area contributed by atoms with E-state index in [1.807, 2.05) is 0 Å². The number of amides is 1. The SMILES string of the molecule is Cc1ccc(-c2ccc(N3C(=O)C(O)=C(C(=O)C(C)C)C3c3ccccc3OC(F)(F)F)cc2)o1. The third kappa shape index (κ3) is 4.66. The Kier molecular flexibility index (Phi) is 6.19. The zero-order valence-electron chi connectivity index (χ0n) is 19.1. The van der Waals surface area contributed by atoms with Gasteiger partial charge in [0.25, 0.3) is 5.91 Å². The zero-order valence-corrected chi connectivity index (χ0v) is 19.1. The minimum absolute atomic E-state index is 0.0861. The molecule has 182 valence electrons. The summed E-state index contributed by atoms with van der Waals surface area (Å²) in [4.78, 5) is 27.3. The van der Waals surface area contributed by atoms with Gasteiger partial charge in [-0.1, -0.05) is 32.0 Å². The van der Waals surface area contributed by atoms with E-state index < -0.39 is 41.5 Å². The Morgan fingerprint density at radius 2 is 1.71 bits per heavy atom. The molecule has 0 spiro atoms. The molecule has 0 saturated heterocycles. The summed E-state index contributed by atoms with van der Waals surface area (Å²) < 4.78 is 49.2. The lowest BCUT2D eigenvalue weighted by Gasteiger charge is -2.29. The first-order chi connectivity index (χ1) is 16.5. The Labute approximate surface area is 199 Å². The number of furan rings is 1. The summed E-state index contributed by atoms with van der Waals surface area (Å²) in [7, 11) is 0. The van der Waals surface area contributed by atoms with E-state index in [1.165, 1.54) is 18.2 Å². The second-order valence-corrected chi connectivity index (χ2v) is 8.40. The number of carbonyl (C=O) groups excluding carboxylic acids is 2. The summed E-state index contributed by atoms with van der Waals surface area (Å²) in [6.45, 7) is 4.95. The van der Waals surface area contributed by atoms with Gasteiger partial charge in [-0.2, -0.15) is 0 Å². The van der Waals surface area contributed by atoms with Crippen LogP contribution in [0.15, 0.2) is 76.4 Å². The molecule has 0 saturated carbocycles. The summed E-state index contributed by atoms with van der Waals surface area (Å²) in [5.41, 5.74) is 0.611. The number of aliphatic hydroxyl groups excluding tert-OH is 1. The molecule has 3 aromatic rings. The van der Waals surface area contributed by atoms with Gasteiger partial charge in [-0.05, 0) is 49.4 Å². The number of aryl methyl sites for hydroxylation is 1. The number of alkyl halides is 3. The Hall–Kier alpha value is -4.01. The van der Waals surface area contributed by atoms with E-state index in [-0.39, 0.29) is 16.8 Å². The van der Waals surface area contributed by atoms with Crippen LogP contribution in [0.3, 0.4) is 0 Å². The lowest BCUT2D eigenvalue weighted by molar-refractivity contribution is -0.274. The fourth-order valence-corrected chi connectivity index (χ4v) is 4.03. The van der Waals surface area contributed by atoms with E-state index in [9.17, 15) is 27.9 Å². The van der Waals surface area contributed by atoms with E-state index in [4.69, 9.17) is 4.42 Å². The number of rotatable bonds is 6. The molecule has 1 unspecified atom stereocenters. The molecule has 0 radical (unpaired) electrons. The molecule has 0 aliphatic carbocycles. The van der Waals surface area contributed by atoms with Gasteiger partial charge in [0.1, 0.15) is 17.3 Å². The Morgan fingerprint density at radius 1 is 1.06 bits per heavy atom. The topological polar surface area (TPSA) is 80.0 Å². The lowest BCUT2D eigenvalue weighted by atomic mass is 9.90. The van der Waals surface area contributed by atoms with Crippen molar-refractivity contribution in [2.75, 3.05) is 4.90 Å². The number of carbonyl (C=O) groups is 2. The van der Waals surface area contributed by atoms with Gasteiger partial charge in [-0.3, -0.25) is 14.5 Å². The van der Waals surface area contributed by atoms with Gasteiger partial charge < -0.3 is 14.3 Å². The average molecular weight is 485 g/mol. The molecular weight excluding hydrogens is 463 g/mol. The molecule has 9 heteroatoms. The molecule has 4 rings (SSSR count). The van der Waals surface area contributed by atoms with Crippen LogP contribution in [0.1, 0.15) is 31.2 Å². The number of aliphatic hydroxyl groups is 1. The number of halogens is 3. The molecule has 1 N–H and O–H groups in total. The maximum Gasteiger partial charge on any atom is 0.573 e. The highest BCUT2D eigenvalue weighted by atomic mass is 19.4. The molecule has 1 aromatic heterocycles. The number of Topliss-reactive ketones (excluding diaryl/α,β-unsaturated/α-hetero) is 1. The van der Waals surface area contributed by atoms with Crippen molar-refractivity contribution in [2.45, 2.75) is 33.2 Å². The molecule has 0 fully saturated rings. The van der Waals surface area contributed by atoms with Crippen molar-refractivity contribution < 1.29 is 37.0 Å². The predicted octanol–water partition coefficient (Wildman–Crippen LogP) is 6.28. The molecule has 6 nitrogen and oxygen atoms in total. The Balaban J connectivity index is 1.84. The molecule has 2 aromatic carbocycles. The van der Waals surface area contributed by atoms with Crippen LogP contribution >= 0.6 is 0 Å². The van der Waals surface area contributed by atoms with E-state index in [0.29, 0.717) is 17.1 Å². The van der Waals surface area contributed by atoms with Crippen LogP contribution in [0.25, 0.3) is 11.3 Å². The minimum atomic E-state index is -5.00. The largest absolute Gasteiger partial charge is 0.573 e. The molecule has 0 bridgehead atoms. The van der Waals surface area contributed by atoms with Crippen LogP contribution in [0, 0.1) is 12.8 Å². The van der Waals surface area contributed by atoms with Crippen LogP contribution in [0.2, 0.25) is 0 Å². The summed E-state index contributed by atoms with van der Waals surface area (Å²) in [6.07, 6.45) is -5.00. The number of para-hydroxylation sites is 1. The molecule has 1 aliphatic heterocycles. The summed E-state index contributed by atoms with van der Waals surface area (Å²) in [5.74, 6) is -2.15.